The molecule has 1 aliphatic rings. The summed E-state index contributed by atoms with van der Waals surface area (Å²) in [6, 6.07) is 11.2. The van der Waals surface area contributed by atoms with Gasteiger partial charge in [0.1, 0.15) is 11.6 Å². The number of rotatable bonds is 5. The minimum Gasteiger partial charge on any atom is -0.493 e. The second-order valence-corrected chi connectivity index (χ2v) is 6.38. The first-order valence-electron chi connectivity index (χ1n) is 9.00. The Morgan fingerprint density at radius 1 is 1.10 bits per heavy atom. The second-order valence-electron chi connectivity index (χ2n) is 6.38. The van der Waals surface area contributed by atoms with Crippen LogP contribution in [-0.2, 0) is 0 Å². The van der Waals surface area contributed by atoms with E-state index in [4.69, 9.17) is 24.7 Å². The van der Waals surface area contributed by atoms with Crippen LogP contribution in [0.3, 0.4) is 0 Å². The van der Waals surface area contributed by atoms with Gasteiger partial charge in [-0.3, -0.25) is 10.1 Å². The normalized spacial score (nSPS) is 15.1. The first-order valence-corrected chi connectivity index (χ1v) is 9.00. The van der Waals surface area contributed by atoms with Gasteiger partial charge in [-0.1, -0.05) is 12.1 Å². The maximum atomic E-state index is 9.90. The van der Waals surface area contributed by atoms with Gasteiger partial charge in [0.05, 0.1) is 44.2 Å². The fraction of sp³-hybridized carbons (Fsp3) is 0.190. The van der Waals surface area contributed by atoms with Gasteiger partial charge in [0.2, 0.25) is 17.5 Å². The number of nitrogens with one attached hydrogen (secondary N) is 1. The molecular weight excluding hydrogens is 386 g/mol. The van der Waals surface area contributed by atoms with E-state index in [0.29, 0.717) is 39.8 Å². The van der Waals surface area contributed by atoms with E-state index < -0.39 is 5.92 Å². The molecule has 152 valence electrons. The molecule has 3 heterocycles. The van der Waals surface area contributed by atoms with Crippen molar-refractivity contribution in [2.75, 3.05) is 21.3 Å². The lowest BCUT2D eigenvalue weighted by Gasteiger charge is -2.26. The number of benzene rings is 1. The molecule has 0 bridgehead atoms. The lowest BCUT2D eigenvalue weighted by molar-refractivity contribution is 0.321. The zero-order valence-electron chi connectivity index (χ0n) is 16.6. The minimum atomic E-state index is -0.621. The lowest BCUT2D eigenvalue weighted by Crippen LogP contribution is -2.21. The molecule has 0 amide bonds. The van der Waals surface area contributed by atoms with E-state index in [1.54, 1.807) is 18.3 Å². The quantitative estimate of drug-likeness (QED) is 0.663. The molecule has 0 saturated heterocycles. The van der Waals surface area contributed by atoms with Gasteiger partial charge in [-0.15, -0.1) is 5.10 Å². The molecule has 9 heteroatoms. The van der Waals surface area contributed by atoms with Crippen LogP contribution in [0.1, 0.15) is 17.0 Å². The third kappa shape index (κ3) is 2.86. The van der Waals surface area contributed by atoms with Gasteiger partial charge in [-0.25, -0.2) is 0 Å². The Bertz CT molecular complexity index is 1160. The van der Waals surface area contributed by atoms with Gasteiger partial charge in [-0.05, 0) is 18.2 Å². The van der Waals surface area contributed by atoms with Crippen molar-refractivity contribution in [3.05, 3.63) is 59.1 Å². The number of methoxy groups -OCH3 is 3. The van der Waals surface area contributed by atoms with Crippen LogP contribution in [0.4, 0.5) is 0 Å². The second kappa shape index (κ2) is 7.67. The Hall–Kier alpha value is -4.19. The Balaban J connectivity index is 2.01. The summed E-state index contributed by atoms with van der Waals surface area (Å²) < 4.78 is 22.2. The molecule has 3 N–H and O–H groups in total. The van der Waals surface area contributed by atoms with Crippen molar-refractivity contribution in [2.45, 2.75) is 5.92 Å². The summed E-state index contributed by atoms with van der Waals surface area (Å²) in [6.45, 7) is 0. The molecule has 9 nitrogen and oxygen atoms in total. The summed E-state index contributed by atoms with van der Waals surface area (Å²) in [7, 11) is 4.58. The number of allylic oxidation sites excluding steroid dienone is 1. The van der Waals surface area contributed by atoms with Crippen LogP contribution in [0.15, 0.2) is 48.0 Å². The van der Waals surface area contributed by atoms with Gasteiger partial charge in [0.15, 0.2) is 11.5 Å². The molecule has 0 spiro atoms. The van der Waals surface area contributed by atoms with Crippen molar-refractivity contribution in [1.29, 1.82) is 5.26 Å². The lowest BCUT2D eigenvalue weighted by atomic mass is 9.82. The highest BCUT2D eigenvalue weighted by molar-refractivity contribution is 5.71. The van der Waals surface area contributed by atoms with Crippen molar-refractivity contribution in [2.24, 2.45) is 5.73 Å². The SMILES string of the molecule is COc1ccc([C@H]2C(C#N)=C(N)Oc3n[nH]c(-c4ccccn4)c32)c(OC)c1OC. The number of nitriles is 1. The Kier molecular flexibility index (Phi) is 4.90. The molecule has 30 heavy (non-hydrogen) atoms. The number of nitrogens with zero attached hydrogens (tertiary/aromatic N) is 3. The van der Waals surface area contributed by atoms with Crippen LogP contribution in [-0.4, -0.2) is 36.5 Å². The van der Waals surface area contributed by atoms with Crippen molar-refractivity contribution < 1.29 is 18.9 Å². The van der Waals surface area contributed by atoms with Gasteiger partial charge >= 0.3 is 0 Å². The van der Waals surface area contributed by atoms with Crippen molar-refractivity contribution in [1.82, 2.24) is 15.2 Å². The Labute approximate surface area is 172 Å². The van der Waals surface area contributed by atoms with Crippen LogP contribution in [0, 0.1) is 11.3 Å². The summed E-state index contributed by atoms with van der Waals surface area (Å²) in [5.74, 6) is 0.954. The minimum absolute atomic E-state index is 0.0223. The molecule has 1 aliphatic heterocycles. The molecule has 0 radical (unpaired) electrons. The van der Waals surface area contributed by atoms with Gasteiger partial charge in [0.25, 0.3) is 0 Å². The van der Waals surface area contributed by atoms with Crippen LogP contribution in [0.2, 0.25) is 0 Å². The van der Waals surface area contributed by atoms with Crippen molar-refractivity contribution in [3.63, 3.8) is 0 Å². The van der Waals surface area contributed by atoms with Crippen LogP contribution >= 0.6 is 0 Å². The van der Waals surface area contributed by atoms with Crippen molar-refractivity contribution >= 4 is 0 Å². The molecule has 0 aliphatic carbocycles. The smallest absolute Gasteiger partial charge is 0.244 e. The van der Waals surface area contributed by atoms with E-state index in [1.165, 1.54) is 21.3 Å². The van der Waals surface area contributed by atoms with E-state index in [2.05, 4.69) is 21.3 Å². The molecule has 0 saturated carbocycles. The number of nitrogens with two attached hydrogens (primary N) is 1. The number of hydrogen-bond acceptors (Lipinski definition) is 8. The number of ether oxygens (including phenoxy) is 4. The summed E-state index contributed by atoms with van der Waals surface area (Å²) in [5, 5.41) is 17.1. The highest BCUT2D eigenvalue weighted by atomic mass is 16.5. The summed E-state index contributed by atoms with van der Waals surface area (Å²) >= 11 is 0. The Morgan fingerprint density at radius 2 is 1.90 bits per heavy atom. The molecule has 1 atom stereocenters. The third-order valence-electron chi connectivity index (χ3n) is 4.91. The van der Waals surface area contributed by atoms with Gasteiger partial charge in [0, 0.05) is 11.8 Å². The highest BCUT2D eigenvalue weighted by Gasteiger charge is 2.38. The number of H-pyrrole nitrogens is 1. The van der Waals surface area contributed by atoms with Crippen molar-refractivity contribution in [3.8, 4) is 40.6 Å². The van der Waals surface area contributed by atoms with E-state index in [1.807, 2.05) is 18.2 Å². The monoisotopic (exact) mass is 405 g/mol. The zero-order chi connectivity index (χ0) is 21.3. The van der Waals surface area contributed by atoms with Crippen LogP contribution in [0.25, 0.3) is 11.4 Å². The molecule has 1 aromatic carbocycles. The third-order valence-corrected chi connectivity index (χ3v) is 4.91. The molecule has 2 aromatic heterocycles. The average molecular weight is 405 g/mol. The summed E-state index contributed by atoms with van der Waals surface area (Å²) in [5.41, 5.74) is 8.84. The predicted molar refractivity (Wildman–Crippen MR) is 107 cm³/mol. The van der Waals surface area contributed by atoms with Crippen LogP contribution in [0.5, 0.6) is 23.1 Å². The topological polar surface area (TPSA) is 128 Å². The maximum absolute atomic E-state index is 9.90. The first kappa shape index (κ1) is 19.1. The molecule has 0 fully saturated rings. The largest absolute Gasteiger partial charge is 0.493 e. The molecular formula is C21H19N5O4. The number of aromatic nitrogens is 3. The molecule has 4 rings (SSSR count). The van der Waals surface area contributed by atoms with E-state index in [9.17, 15) is 5.26 Å². The van der Waals surface area contributed by atoms with E-state index >= 15 is 0 Å². The maximum Gasteiger partial charge on any atom is 0.244 e. The fourth-order valence-electron chi connectivity index (χ4n) is 3.61. The molecule has 3 aromatic rings. The predicted octanol–water partition coefficient (Wildman–Crippen LogP) is 2.72. The number of fused-ring (bicyclic) bond motifs is 1. The van der Waals surface area contributed by atoms with Crippen LogP contribution < -0.4 is 24.7 Å². The standard InChI is InChI=1S/C21H19N5O4/c1-27-14-8-7-11(18(28-2)19(14)29-3)15-12(10-22)20(23)30-21-16(15)17(25-26-21)13-6-4-5-9-24-13/h4-9,15H,23H2,1-3H3,(H,25,26)/t15-/m0/s1. The van der Waals surface area contributed by atoms with E-state index in [-0.39, 0.29) is 17.3 Å². The number of pyridine rings is 1. The fourth-order valence-corrected chi connectivity index (χ4v) is 3.61. The number of aromatic amines is 1. The average Bonchev–Trinajstić information content (AvgIpc) is 3.20. The summed E-state index contributed by atoms with van der Waals surface area (Å²) in [4.78, 5) is 4.40. The molecule has 0 unspecified atom stereocenters. The van der Waals surface area contributed by atoms with Gasteiger partial charge in [-0.2, -0.15) is 5.26 Å². The zero-order valence-corrected chi connectivity index (χ0v) is 16.6. The Morgan fingerprint density at radius 3 is 2.53 bits per heavy atom. The van der Waals surface area contributed by atoms with E-state index in [0.717, 1.165) is 0 Å². The summed E-state index contributed by atoms with van der Waals surface area (Å²) in [6.07, 6.45) is 1.67. The van der Waals surface area contributed by atoms with Gasteiger partial charge < -0.3 is 24.7 Å². The highest BCUT2D eigenvalue weighted by Crippen LogP contribution is 2.51. The first-order chi connectivity index (χ1) is 14.6. The number of hydrogen-bond donors (Lipinski definition) is 2.